The lowest BCUT2D eigenvalue weighted by Gasteiger charge is -2.23. The highest BCUT2D eigenvalue weighted by molar-refractivity contribution is 5.79. The van der Waals surface area contributed by atoms with E-state index >= 15 is 0 Å². The van der Waals surface area contributed by atoms with Crippen molar-refractivity contribution in [2.24, 2.45) is 0 Å². The largest absolute Gasteiger partial charge is 0.350 e. The van der Waals surface area contributed by atoms with E-state index in [9.17, 15) is 4.39 Å². The molecule has 0 bridgehead atoms. The number of aryl methyl sites for hydroxylation is 2. The molecule has 1 N–H and O–H groups in total. The summed E-state index contributed by atoms with van der Waals surface area (Å²) in [6.45, 7) is 8.90. The van der Waals surface area contributed by atoms with Gasteiger partial charge < -0.3 is 9.88 Å². The van der Waals surface area contributed by atoms with Crippen molar-refractivity contribution in [3.8, 4) is 11.1 Å². The fourth-order valence-corrected chi connectivity index (χ4v) is 4.06. The van der Waals surface area contributed by atoms with E-state index in [-0.39, 0.29) is 11.9 Å². The van der Waals surface area contributed by atoms with E-state index in [2.05, 4.69) is 32.1 Å². The Kier molecular flexibility index (Phi) is 5.97. The summed E-state index contributed by atoms with van der Waals surface area (Å²) in [4.78, 5) is 4.73. The number of nitrogens with one attached hydrogen (secondary N) is 1. The molecule has 1 atom stereocenters. The van der Waals surface area contributed by atoms with Crippen molar-refractivity contribution in [2.45, 2.75) is 59.5 Å². The van der Waals surface area contributed by atoms with Gasteiger partial charge in [0.2, 0.25) is 5.95 Å². The standard InChI is InChI=1S/C21H22FN7.C2H6/c1-3-18-25-26-19-12-15(8-10-28(18)19)23-21-24-20-17(5-4-9-29(20)27-21)16-7-6-14(22)11-13(16)2;1-2/h4-7,9,11,15H,3,8,10,12H2,1-2H3,(H,23,27);1-2H3. The SMILES string of the molecule is CC.CCc1nnc2n1CCC(Nc1nc3c(-c4ccc(F)cc4C)cccn3n1)C2. The summed E-state index contributed by atoms with van der Waals surface area (Å²) in [5.74, 6) is 2.41. The number of hydrogen-bond acceptors (Lipinski definition) is 5. The Labute approximate surface area is 181 Å². The summed E-state index contributed by atoms with van der Waals surface area (Å²) in [6, 6.07) is 8.94. The van der Waals surface area contributed by atoms with Gasteiger partial charge in [-0.3, -0.25) is 0 Å². The topological polar surface area (TPSA) is 72.9 Å². The van der Waals surface area contributed by atoms with Crippen molar-refractivity contribution < 1.29 is 4.39 Å². The van der Waals surface area contributed by atoms with Crippen LogP contribution in [0.25, 0.3) is 16.8 Å². The lowest BCUT2D eigenvalue weighted by molar-refractivity contribution is 0.472. The molecule has 0 radical (unpaired) electrons. The molecule has 3 aromatic heterocycles. The van der Waals surface area contributed by atoms with Gasteiger partial charge in [-0.2, -0.15) is 4.98 Å². The summed E-state index contributed by atoms with van der Waals surface area (Å²) in [5, 5.41) is 16.7. The molecule has 162 valence electrons. The van der Waals surface area contributed by atoms with E-state index in [0.717, 1.165) is 59.8 Å². The molecule has 0 saturated carbocycles. The number of aromatic nitrogens is 6. The number of fused-ring (bicyclic) bond motifs is 2. The van der Waals surface area contributed by atoms with Crippen LogP contribution in [0.2, 0.25) is 0 Å². The first-order valence-corrected chi connectivity index (χ1v) is 10.9. The molecule has 0 aliphatic carbocycles. The first-order chi connectivity index (χ1) is 15.1. The lowest BCUT2D eigenvalue weighted by Crippen LogP contribution is -2.31. The molecule has 5 rings (SSSR count). The van der Waals surface area contributed by atoms with Gasteiger partial charge in [0.05, 0.1) is 0 Å². The van der Waals surface area contributed by atoms with E-state index in [0.29, 0.717) is 5.95 Å². The average Bonchev–Trinajstić information content (AvgIpc) is 3.38. The second-order valence-electron chi connectivity index (χ2n) is 7.46. The van der Waals surface area contributed by atoms with Gasteiger partial charge in [0.15, 0.2) is 5.65 Å². The molecular weight excluding hydrogens is 393 g/mol. The normalized spacial score (nSPS) is 15.3. The van der Waals surface area contributed by atoms with Crippen LogP contribution in [0.4, 0.5) is 10.3 Å². The third-order valence-electron chi connectivity index (χ3n) is 5.52. The molecule has 1 unspecified atom stereocenters. The first-order valence-electron chi connectivity index (χ1n) is 10.9. The van der Waals surface area contributed by atoms with Gasteiger partial charge in [-0.15, -0.1) is 15.3 Å². The maximum atomic E-state index is 13.5. The van der Waals surface area contributed by atoms with Crippen LogP contribution in [-0.2, 0) is 19.4 Å². The Morgan fingerprint density at radius 2 is 2.00 bits per heavy atom. The molecule has 0 amide bonds. The second kappa shape index (κ2) is 8.83. The number of halogens is 1. The van der Waals surface area contributed by atoms with E-state index in [1.54, 1.807) is 10.6 Å². The minimum absolute atomic E-state index is 0.213. The molecule has 31 heavy (non-hydrogen) atoms. The molecule has 4 aromatic rings. The maximum Gasteiger partial charge on any atom is 0.243 e. The molecule has 8 heteroatoms. The lowest BCUT2D eigenvalue weighted by atomic mass is 10.0. The van der Waals surface area contributed by atoms with Crippen LogP contribution in [0.3, 0.4) is 0 Å². The zero-order chi connectivity index (χ0) is 22.0. The molecule has 0 fully saturated rings. The molecule has 1 aromatic carbocycles. The number of nitrogens with zero attached hydrogens (tertiary/aromatic N) is 6. The van der Waals surface area contributed by atoms with Gasteiger partial charge in [0.1, 0.15) is 17.5 Å². The van der Waals surface area contributed by atoms with Crippen LogP contribution in [0.1, 0.15) is 44.4 Å². The van der Waals surface area contributed by atoms with Crippen molar-refractivity contribution in [3.05, 3.63) is 59.6 Å². The highest BCUT2D eigenvalue weighted by Gasteiger charge is 2.23. The summed E-state index contributed by atoms with van der Waals surface area (Å²) >= 11 is 0. The van der Waals surface area contributed by atoms with E-state index in [1.807, 2.05) is 39.1 Å². The van der Waals surface area contributed by atoms with Gasteiger partial charge in [-0.25, -0.2) is 8.91 Å². The summed E-state index contributed by atoms with van der Waals surface area (Å²) in [5.41, 5.74) is 3.50. The van der Waals surface area contributed by atoms with Crippen molar-refractivity contribution in [3.63, 3.8) is 0 Å². The van der Waals surface area contributed by atoms with E-state index in [1.165, 1.54) is 12.1 Å². The number of hydrogen-bond donors (Lipinski definition) is 1. The van der Waals surface area contributed by atoms with Gasteiger partial charge in [-0.05, 0) is 48.7 Å². The molecule has 0 spiro atoms. The predicted octanol–water partition coefficient (Wildman–Crippen LogP) is 4.45. The van der Waals surface area contributed by atoms with E-state index in [4.69, 9.17) is 4.98 Å². The highest BCUT2D eigenvalue weighted by Crippen LogP contribution is 2.28. The maximum absolute atomic E-state index is 13.5. The second-order valence-corrected chi connectivity index (χ2v) is 7.46. The van der Waals surface area contributed by atoms with Crippen molar-refractivity contribution in [2.75, 3.05) is 5.32 Å². The van der Waals surface area contributed by atoms with Crippen LogP contribution < -0.4 is 5.32 Å². The molecule has 0 saturated heterocycles. The summed E-state index contributed by atoms with van der Waals surface area (Å²) in [6.07, 6.45) is 4.54. The number of benzene rings is 1. The molecule has 1 aliphatic rings. The fraction of sp³-hybridized carbons (Fsp3) is 0.391. The summed E-state index contributed by atoms with van der Waals surface area (Å²) in [7, 11) is 0. The monoisotopic (exact) mass is 421 g/mol. The van der Waals surface area contributed by atoms with E-state index < -0.39 is 0 Å². The van der Waals surface area contributed by atoms with Crippen molar-refractivity contribution in [1.82, 2.24) is 29.4 Å². The Hall–Kier alpha value is -3.29. The molecule has 7 nitrogen and oxygen atoms in total. The van der Waals surface area contributed by atoms with Crippen molar-refractivity contribution >= 4 is 11.6 Å². The Morgan fingerprint density at radius 1 is 1.16 bits per heavy atom. The Morgan fingerprint density at radius 3 is 2.77 bits per heavy atom. The van der Waals surface area contributed by atoms with Gasteiger partial charge >= 0.3 is 0 Å². The van der Waals surface area contributed by atoms with Crippen molar-refractivity contribution in [1.29, 1.82) is 0 Å². The van der Waals surface area contributed by atoms with Crippen LogP contribution in [0, 0.1) is 12.7 Å². The average molecular weight is 422 g/mol. The van der Waals surface area contributed by atoms with Crippen LogP contribution in [-0.4, -0.2) is 35.4 Å². The van der Waals surface area contributed by atoms with Gasteiger partial charge in [-0.1, -0.05) is 26.8 Å². The minimum Gasteiger partial charge on any atom is -0.350 e. The Balaban J connectivity index is 0.00000112. The first kappa shape index (κ1) is 21.0. The summed E-state index contributed by atoms with van der Waals surface area (Å²) < 4.78 is 17.5. The smallest absolute Gasteiger partial charge is 0.243 e. The number of rotatable bonds is 4. The third kappa shape index (κ3) is 4.02. The molecular formula is C23H28FN7. The Bertz CT molecular complexity index is 1190. The van der Waals surface area contributed by atoms with Crippen LogP contribution >= 0.6 is 0 Å². The molecule has 4 heterocycles. The van der Waals surface area contributed by atoms with Crippen LogP contribution in [0.5, 0.6) is 0 Å². The highest BCUT2D eigenvalue weighted by atomic mass is 19.1. The third-order valence-corrected chi connectivity index (χ3v) is 5.52. The fourth-order valence-electron chi connectivity index (χ4n) is 4.06. The zero-order valence-electron chi connectivity index (χ0n) is 18.4. The molecule has 1 aliphatic heterocycles. The van der Waals surface area contributed by atoms with Gasteiger partial charge in [0, 0.05) is 37.2 Å². The predicted molar refractivity (Wildman–Crippen MR) is 120 cm³/mol. The minimum atomic E-state index is -0.238. The quantitative estimate of drug-likeness (QED) is 0.527. The number of pyridine rings is 1. The van der Waals surface area contributed by atoms with Crippen LogP contribution in [0.15, 0.2) is 36.5 Å². The van der Waals surface area contributed by atoms with Gasteiger partial charge in [0.25, 0.3) is 0 Å². The zero-order valence-corrected chi connectivity index (χ0v) is 18.4. The number of anilines is 1.